The Kier molecular flexibility index (Phi) is 4.08. The molecule has 2 heterocycles. The molecule has 0 bridgehead atoms. The van der Waals surface area contributed by atoms with Gasteiger partial charge in [-0.2, -0.15) is 5.26 Å². The third-order valence-electron chi connectivity index (χ3n) is 2.75. The highest BCUT2D eigenvalue weighted by molar-refractivity contribution is 6.30. The van der Waals surface area contributed by atoms with Crippen molar-refractivity contribution in [1.29, 1.82) is 5.26 Å². The fraction of sp³-hybridized carbons (Fsp3) is 0.286. The highest BCUT2D eigenvalue weighted by Crippen LogP contribution is 2.25. The number of aromatic nitrogens is 3. The zero-order valence-corrected chi connectivity index (χ0v) is 11.6. The second-order valence-electron chi connectivity index (χ2n) is 4.23. The molecule has 2 rings (SSSR count). The predicted octanol–water partition coefficient (Wildman–Crippen LogP) is 3.32. The Bertz CT molecular complexity index is 646. The number of rotatable bonds is 3. The smallest absolute Gasteiger partial charge is 0.136 e. The molecule has 2 aromatic heterocycles. The molecule has 4 nitrogen and oxygen atoms in total. The molecule has 0 aromatic carbocycles. The van der Waals surface area contributed by atoms with Gasteiger partial charge in [-0.1, -0.05) is 18.5 Å². The van der Waals surface area contributed by atoms with Crippen molar-refractivity contribution in [2.45, 2.75) is 26.7 Å². The standard InChI is InChI=1S/C14H13ClN4/c1-3-4-12-18-13(9(2)14(15)19-12)11-5-10(6-16)7-17-8-11/h5,7-8H,3-4H2,1-2H3. The minimum atomic E-state index is 0.454. The van der Waals surface area contributed by atoms with Crippen LogP contribution in [0.25, 0.3) is 11.3 Å². The van der Waals surface area contributed by atoms with Crippen LogP contribution in [0.3, 0.4) is 0 Å². The minimum absolute atomic E-state index is 0.454. The molecule has 0 unspecified atom stereocenters. The van der Waals surface area contributed by atoms with Gasteiger partial charge in [-0.3, -0.25) is 4.98 Å². The molecule has 0 atom stereocenters. The highest BCUT2D eigenvalue weighted by Gasteiger charge is 2.11. The van der Waals surface area contributed by atoms with Crippen LogP contribution < -0.4 is 0 Å². The van der Waals surface area contributed by atoms with E-state index in [0.29, 0.717) is 10.7 Å². The molecular formula is C14H13ClN4. The first-order chi connectivity index (χ1) is 9.15. The van der Waals surface area contributed by atoms with Crippen LogP contribution in [0.15, 0.2) is 18.5 Å². The van der Waals surface area contributed by atoms with E-state index in [-0.39, 0.29) is 0 Å². The quantitative estimate of drug-likeness (QED) is 0.804. The molecule has 0 aliphatic carbocycles. The Labute approximate surface area is 117 Å². The summed E-state index contributed by atoms with van der Waals surface area (Å²) in [6.07, 6.45) is 4.94. The maximum Gasteiger partial charge on any atom is 0.136 e. The highest BCUT2D eigenvalue weighted by atomic mass is 35.5. The number of nitrogens with zero attached hydrogens (tertiary/aromatic N) is 4. The first-order valence-electron chi connectivity index (χ1n) is 6.04. The number of nitriles is 1. The third kappa shape index (κ3) is 2.88. The van der Waals surface area contributed by atoms with E-state index in [1.165, 1.54) is 6.20 Å². The van der Waals surface area contributed by atoms with Crippen molar-refractivity contribution in [1.82, 2.24) is 15.0 Å². The van der Waals surface area contributed by atoms with E-state index in [9.17, 15) is 0 Å². The van der Waals surface area contributed by atoms with Crippen LogP contribution >= 0.6 is 11.6 Å². The number of hydrogen-bond donors (Lipinski definition) is 0. The van der Waals surface area contributed by atoms with Crippen molar-refractivity contribution in [3.05, 3.63) is 40.6 Å². The Morgan fingerprint density at radius 2 is 2.11 bits per heavy atom. The van der Waals surface area contributed by atoms with Gasteiger partial charge < -0.3 is 0 Å². The number of hydrogen-bond acceptors (Lipinski definition) is 4. The second-order valence-corrected chi connectivity index (χ2v) is 4.59. The van der Waals surface area contributed by atoms with Crippen molar-refractivity contribution in [3.8, 4) is 17.3 Å². The molecule has 0 spiro atoms. The van der Waals surface area contributed by atoms with Gasteiger partial charge in [0.25, 0.3) is 0 Å². The van der Waals surface area contributed by atoms with Crippen LogP contribution in [0, 0.1) is 18.3 Å². The van der Waals surface area contributed by atoms with Crippen LogP contribution in [-0.4, -0.2) is 15.0 Å². The van der Waals surface area contributed by atoms with E-state index in [0.717, 1.165) is 35.5 Å². The summed E-state index contributed by atoms with van der Waals surface area (Å²) in [5.41, 5.74) is 2.84. The lowest BCUT2D eigenvalue weighted by Gasteiger charge is -2.09. The van der Waals surface area contributed by atoms with Gasteiger partial charge in [-0.25, -0.2) is 9.97 Å². The summed E-state index contributed by atoms with van der Waals surface area (Å²) < 4.78 is 0. The van der Waals surface area contributed by atoms with Crippen molar-refractivity contribution < 1.29 is 0 Å². The summed E-state index contributed by atoms with van der Waals surface area (Å²) in [7, 11) is 0. The van der Waals surface area contributed by atoms with E-state index < -0.39 is 0 Å². The van der Waals surface area contributed by atoms with Crippen molar-refractivity contribution in [2.75, 3.05) is 0 Å². The first kappa shape index (κ1) is 13.4. The van der Waals surface area contributed by atoms with Crippen LogP contribution in [-0.2, 0) is 6.42 Å². The van der Waals surface area contributed by atoms with Crippen molar-refractivity contribution in [2.24, 2.45) is 0 Å². The second kappa shape index (κ2) is 5.77. The average molecular weight is 273 g/mol. The maximum atomic E-state index is 8.92. The van der Waals surface area contributed by atoms with Crippen LogP contribution in [0.5, 0.6) is 0 Å². The minimum Gasteiger partial charge on any atom is -0.263 e. The average Bonchev–Trinajstić information content (AvgIpc) is 2.43. The van der Waals surface area contributed by atoms with Gasteiger partial charge in [0, 0.05) is 29.9 Å². The number of halogens is 1. The van der Waals surface area contributed by atoms with Gasteiger partial charge in [0.2, 0.25) is 0 Å². The normalized spacial score (nSPS) is 10.2. The molecule has 0 N–H and O–H groups in total. The maximum absolute atomic E-state index is 8.92. The Balaban J connectivity index is 2.57. The molecule has 0 saturated carbocycles. The van der Waals surface area contributed by atoms with Gasteiger partial charge in [0.15, 0.2) is 0 Å². The zero-order valence-electron chi connectivity index (χ0n) is 10.8. The molecular weight excluding hydrogens is 260 g/mol. The van der Waals surface area contributed by atoms with Crippen molar-refractivity contribution >= 4 is 11.6 Å². The Hall–Kier alpha value is -1.99. The topological polar surface area (TPSA) is 62.5 Å². The predicted molar refractivity (Wildman–Crippen MR) is 73.7 cm³/mol. The molecule has 5 heteroatoms. The lowest BCUT2D eigenvalue weighted by molar-refractivity contribution is 0.833. The largest absolute Gasteiger partial charge is 0.263 e. The molecule has 0 fully saturated rings. The summed E-state index contributed by atoms with van der Waals surface area (Å²) >= 11 is 6.14. The lowest BCUT2D eigenvalue weighted by atomic mass is 10.1. The summed E-state index contributed by atoms with van der Waals surface area (Å²) in [5, 5.41) is 9.38. The Morgan fingerprint density at radius 3 is 2.79 bits per heavy atom. The zero-order chi connectivity index (χ0) is 13.8. The fourth-order valence-electron chi connectivity index (χ4n) is 1.78. The SMILES string of the molecule is CCCc1nc(Cl)c(C)c(-c2cncc(C#N)c2)n1. The van der Waals surface area contributed by atoms with Crippen molar-refractivity contribution in [3.63, 3.8) is 0 Å². The molecule has 96 valence electrons. The monoisotopic (exact) mass is 272 g/mol. The van der Waals surface area contributed by atoms with Crippen LogP contribution in [0.2, 0.25) is 5.15 Å². The third-order valence-corrected chi connectivity index (χ3v) is 3.12. The molecule has 0 saturated heterocycles. The number of pyridine rings is 1. The molecule has 0 radical (unpaired) electrons. The first-order valence-corrected chi connectivity index (χ1v) is 6.42. The van der Waals surface area contributed by atoms with Gasteiger partial charge in [0.05, 0.1) is 11.3 Å². The van der Waals surface area contributed by atoms with E-state index in [2.05, 4.69) is 27.9 Å². The molecule has 0 amide bonds. The van der Waals surface area contributed by atoms with Crippen LogP contribution in [0.1, 0.15) is 30.3 Å². The van der Waals surface area contributed by atoms with Crippen LogP contribution in [0.4, 0.5) is 0 Å². The van der Waals surface area contributed by atoms with E-state index in [1.54, 1.807) is 12.3 Å². The fourth-order valence-corrected chi connectivity index (χ4v) is 1.97. The van der Waals surface area contributed by atoms with Gasteiger partial charge in [-0.15, -0.1) is 0 Å². The van der Waals surface area contributed by atoms with E-state index in [4.69, 9.17) is 16.9 Å². The Morgan fingerprint density at radius 1 is 1.32 bits per heavy atom. The number of aryl methyl sites for hydroxylation is 1. The molecule has 19 heavy (non-hydrogen) atoms. The van der Waals surface area contributed by atoms with Gasteiger partial charge in [0.1, 0.15) is 17.0 Å². The summed E-state index contributed by atoms with van der Waals surface area (Å²) in [5.74, 6) is 0.718. The van der Waals surface area contributed by atoms with Gasteiger partial charge >= 0.3 is 0 Å². The summed E-state index contributed by atoms with van der Waals surface area (Å²) in [4.78, 5) is 12.8. The molecule has 0 aliphatic heterocycles. The summed E-state index contributed by atoms with van der Waals surface area (Å²) in [6, 6.07) is 3.83. The molecule has 0 aliphatic rings. The molecule has 2 aromatic rings. The lowest BCUT2D eigenvalue weighted by Crippen LogP contribution is -2.01. The summed E-state index contributed by atoms with van der Waals surface area (Å²) in [6.45, 7) is 3.93. The van der Waals surface area contributed by atoms with Gasteiger partial charge in [-0.05, 0) is 19.4 Å². The van der Waals surface area contributed by atoms with E-state index >= 15 is 0 Å². The van der Waals surface area contributed by atoms with E-state index in [1.807, 2.05) is 6.92 Å².